The van der Waals surface area contributed by atoms with Gasteiger partial charge in [0, 0.05) is 55.8 Å². The number of aryl methyl sites for hydroxylation is 2. The predicted octanol–water partition coefficient (Wildman–Crippen LogP) is 3.68. The number of ether oxygens (including phenoxy) is 1. The summed E-state index contributed by atoms with van der Waals surface area (Å²) in [5.74, 6) is -0.136. The second-order valence-corrected chi connectivity index (χ2v) is 12.1. The maximum absolute atomic E-state index is 13.7. The van der Waals surface area contributed by atoms with Crippen molar-refractivity contribution in [2.75, 3.05) is 30.9 Å². The van der Waals surface area contributed by atoms with Crippen LogP contribution in [0.3, 0.4) is 0 Å². The molecule has 4 heterocycles. The fourth-order valence-corrected chi connectivity index (χ4v) is 6.38. The molecule has 2 aromatic heterocycles. The van der Waals surface area contributed by atoms with Gasteiger partial charge >= 0.3 is 0 Å². The molecule has 0 saturated carbocycles. The molecule has 2 aromatic carbocycles. The molecule has 41 heavy (non-hydrogen) atoms. The normalized spacial score (nSPS) is 18.6. The molecule has 2 aliphatic rings. The average Bonchev–Trinajstić information content (AvgIpc) is 3.14. The van der Waals surface area contributed by atoms with Crippen LogP contribution in [-0.2, 0) is 16.6 Å². The van der Waals surface area contributed by atoms with Crippen molar-refractivity contribution in [3.8, 4) is 17.1 Å². The quantitative estimate of drug-likeness (QED) is 0.397. The molecular formula is C30H30N6O4S. The number of sulfonamides is 1. The van der Waals surface area contributed by atoms with Crippen LogP contribution in [0.1, 0.15) is 27.0 Å². The molecule has 4 aromatic rings. The molecule has 1 unspecified atom stereocenters. The molecule has 0 radical (unpaired) electrons. The Hall–Kier alpha value is -4.35. The van der Waals surface area contributed by atoms with E-state index < -0.39 is 16.1 Å². The molecule has 11 heteroatoms. The highest BCUT2D eigenvalue weighted by molar-refractivity contribution is 7.92. The Bertz CT molecular complexity index is 1690. The van der Waals surface area contributed by atoms with Gasteiger partial charge in [-0.1, -0.05) is 30.3 Å². The van der Waals surface area contributed by atoms with Crippen molar-refractivity contribution in [3.63, 3.8) is 0 Å². The standard InChI is InChI=1S/C30H30N6O4S/c1-20-6-3-7-21(2)28(20)26-15-27-33-30(32-26)34-41(38,39)25-10-4-9-23(14-25)29(37)36-13-12-35(18-24(19-36)40-27)17-22-8-5-11-31-16-22/h3-11,14-16,24H,12-13,17-19H2,1-2H3,(H,32,33,34). The van der Waals surface area contributed by atoms with Gasteiger partial charge in [-0.2, -0.15) is 4.98 Å². The number of carbonyl (C=O) groups excluding carboxylic acids is 1. The van der Waals surface area contributed by atoms with Crippen LogP contribution in [0.4, 0.5) is 5.95 Å². The smallest absolute Gasteiger partial charge is 0.264 e. The minimum Gasteiger partial charge on any atom is -0.471 e. The van der Waals surface area contributed by atoms with Crippen LogP contribution >= 0.6 is 0 Å². The zero-order valence-electron chi connectivity index (χ0n) is 22.8. The number of nitrogens with one attached hydrogen (secondary N) is 1. The van der Waals surface area contributed by atoms with Crippen LogP contribution in [0.5, 0.6) is 5.88 Å². The lowest BCUT2D eigenvalue weighted by atomic mass is 10.00. The number of rotatable bonds is 3. The van der Waals surface area contributed by atoms with Crippen molar-refractivity contribution in [3.05, 3.63) is 95.3 Å². The minimum absolute atomic E-state index is 0.0456. The Kier molecular flexibility index (Phi) is 7.14. The molecule has 6 rings (SSSR count). The van der Waals surface area contributed by atoms with Crippen LogP contribution in [-0.4, -0.2) is 71.4 Å². The number of aromatic nitrogens is 3. The molecular weight excluding hydrogens is 540 g/mol. The summed E-state index contributed by atoms with van der Waals surface area (Å²) in [6.07, 6.45) is 3.14. The van der Waals surface area contributed by atoms with Crippen LogP contribution < -0.4 is 9.46 Å². The first-order valence-corrected chi connectivity index (χ1v) is 14.9. The van der Waals surface area contributed by atoms with Gasteiger partial charge in [0.1, 0.15) is 6.10 Å². The third-order valence-electron chi connectivity index (χ3n) is 7.33. The number of hydrogen-bond acceptors (Lipinski definition) is 8. The molecule has 1 fully saturated rings. The lowest BCUT2D eigenvalue weighted by Crippen LogP contribution is -2.40. The maximum atomic E-state index is 13.7. The van der Waals surface area contributed by atoms with Crippen molar-refractivity contribution in [2.45, 2.75) is 31.4 Å². The van der Waals surface area contributed by atoms with Crippen molar-refractivity contribution in [1.29, 1.82) is 0 Å². The molecule has 1 amide bonds. The van der Waals surface area contributed by atoms with Gasteiger partial charge in [0.25, 0.3) is 15.9 Å². The molecule has 10 nitrogen and oxygen atoms in total. The number of anilines is 1. The Balaban J connectivity index is 1.46. The van der Waals surface area contributed by atoms with Crippen molar-refractivity contribution < 1.29 is 17.9 Å². The lowest BCUT2D eigenvalue weighted by molar-refractivity contribution is 0.0690. The predicted molar refractivity (Wildman–Crippen MR) is 154 cm³/mol. The van der Waals surface area contributed by atoms with Gasteiger partial charge < -0.3 is 9.64 Å². The molecule has 2 aliphatic heterocycles. The summed E-state index contributed by atoms with van der Waals surface area (Å²) in [7, 11) is -4.09. The highest BCUT2D eigenvalue weighted by Gasteiger charge is 2.30. The van der Waals surface area contributed by atoms with Gasteiger partial charge in [-0.3, -0.25) is 14.7 Å². The summed E-state index contributed by atoms with van der Waals surface area (Å²) in [6.45, 7) is 6.52. The lowest BCUT2D eigenvalue weighted by Gasteiger charge is -2.25. The molecule has 210 valence electrons. The summed E-state index contributed by atoms with van der Waals surface area (Å²) >= 11 is 0. The third kappa shape index (κ3) is 5.77. The zero-order chi connectivity index (χ0) is 28.6. The summed E-state index contributed by atoms with van der Waals surface area (Å²) in [5, 5.41) is 0. The van der Waals surface area contributed by atoms with Crippen LogP contribution in [0.15, 0.2) is 78.0 Å². The zero-order valence-corrected chi connectivity index (χ0v) is 23.6. The fourth-order valence-electron chi connectivity index (χ4n) is 5.39. The second-order valence-electron chi connectivity index (χ2n) is 10.4. The van der Waals surface area contributed by atoms with Crippen LogP contribution in [0.25, 0.3) is 11.3 Å². The van der Waals surface area contributed by atoms with Gasteiger partial charge in [-0.05, 0) is 54.8 Å². The van der Waals surface area contributed by atoms with E-state index in [2.05, 4.69) is 24.6 Å². The highest BCUT2D eigenvalue weighted by atomic mass is 32.2. The Labute approximate surface area is 239 Å². The molecule has 1 N–H and O–H groups in total. The number of nitrogens with zero attached hydrogens (tertiary/aromatic N) is 5. The third-order valence-corrected chi connectivity index (χ3v) is 8.66. The van der Waals surface area contributed by atoms with Crippen molar-refractivity contribution in [1.82, 2.24) is 24.8 Å². The van der Waals surface area contributed by atoms with Crippen LogP contribution in [0.2, 0.25) is 0 Å². The Morgan fingerprint density at radius 1 is 0.976 bits per heavy atom. The van der Waals surface area contributed by atoms with E-state index in [0.717, 1.165) is 22.3 Å². The van der Waals surface area contributed by atoms with E-state index >= 15 is 0 Å². The van der Waals surface area contributed by atoms with Crippen LogP contribution in [0, 0.1) is 13.8 Å². The van der Waals surface area contributed by atoms with E-state index in [4.69, 9.17) is 4.74 Å². The summed E-state index contributed by atoms with van der Waals surface area (Å²) in [4.78, 5) is 30.9. The molecule has 0 aliphatic carbocycles. The summed E-state index contributed by atoms with van der Waals surface area (Å²) < 4.78 is 35.8. The van der Waals surface area contributed by atoms with Gasteiger partial charge in [-0.25, -0.2) is 18.1 Å². The minimum atomic E-state index is -4.09. The topological polar surface area (TPSA) is 118 Å². The SMILES string of the molecule is Cc1cccc(C)c1-c1cc2nc(n1)NS(=O)(=O)c1cccc(c1)C(=O)N1CCN(Cc3cccnc3)CC(C1)O2. The number of carbonyl (C=O) groups is 1. The number of benzene rings is 2. The van der Waals surface area contributed by atoms with E-state index in [-0.39, 0.29) is 28.2 Å². The van der Waals surface area contributed by atoms with E-state index in [9.17, 15) is 13.2 Å². The van der Waals surface area contributed by atoms with E-state index in [1.54, 1.807) is 29.3 Å². The van der Waals surface area contributed by atoms with Gasteiger partial charge in [-0.15, -0.1) is 0 Å². The Morgan fingerprint density at radius 2 is 1.78 bits per heavy atom. The highest BCUT2D eigenvalue weighted by Crippen LogP contribution is 2.30. The average molecular weight is 571 g/mol. The van der Waals surface area contributed by atoms with E-state index in [0.29, 0.717) is 38.4 Å². The largest absolute Gasteiger partial charge is 0.471 e. The van der Waals surface area contributed by atoms with E-state index in [1.807, 2.05) is 50.4 Å². The fraction of sp³-hybridized carbons (Fsp3) is 0.267. The van der Waals surface area contributed by atoms with Crippen molar-refractivity contribution in [2.24, 2.45) is 0 Å². The van der Waals surface area contributed by atoms with Crippen molar-refractivity contribution >= 4 is 21.9 Å². The first-order valence-electron chi connectivity index (χ1n) is 13.4. The second kappa shape index (κ2) is 10.9. The number of hydrogen-bond donors (Lipinski definition) is 1. The first kappa shape index (κ1) is 26.9. The Morgan fingerprint density at radius 3 is 2.56 bits per heavy atom. The summed E-state index contributed by atoms with van der Waals surface area (Å²) in [6, 6.07) is 17.6. The van der Waals surface area contributed by atoms with Gasteiger partial charge in [0.2, 0.25) is 11.8 Å². The first-order chi connectivity index (χ1) is 19.7. The number of pyridine rings is 1. The number of fused-ring (bicyclic) bond motifs is 6. The van der Waals surface area contributed by atoms with Gasteiger partial charge in [0.05, 0.1) is 17.1 Å². The van der Waals surface area contributed by atoms with Gasteiger partial charge in [0.15, 0.2) is 0 Å². The molecule has 1 atom stereocenters. The maximum Gasteiger partial charge on any atom is 0.264 e. The molecule has 6 bridgehead atoms. The molecule has 1 saturated heterocycles. The number of amides is 1. The summed E-state index contributed by atoms with van der Waals surface area (Å²) in [5.41, 5.74) is 4.74. The van der Waals surface area contributed by atoms with E-state index in [1.165, 1.54) is 12.1 Å². The monoisotopic (exact) mass is 570 g/mol. The molecule has 0 spiro atoms.